The molecule has 19 heavy (non-hydrogen) atoms. The Hall–Kier alpha value is -1.82. The Morgan fingerprint density at radius 2 is 2.37 bits per heavy atom. The highest BCUT2D eigenvalue weighted by Gasteiger charge is 2.31. The first kappa shape index (κ1) is 12.2. The molecular formula is C13H14N4OS. The molecule has 5 nitrogen and oxygen atoms in total. The number of amides is 1. The van der Waals surface area contributed by atoms with Gasteiger partial charge in [-0.05, 0) is 11.6 Å². The van der Waals surface area contributed by atoms with Gasteiger partial charge in [0.1, 0.15) is 12.2 Å². The first-order chi connectivity index (χ1) is 9.25. The number of aromatic nitrogens is 3. The van der Waals surface area contributed by atoms with Gasteiger partial charge in [0.05, 0.1) is 12.5 Å². The third-order valence-electron chi connectivity index (χ3n) is 3.23. The second-order valence-electron chi connectivity index (χ2n) is 4.53. The zero-order valence-corrected chi connectivity index (χ0v) is 11.4. The highest BCUT2D eigenvalue weighted by atomic mass is 32.2. The molecule has 0 spiro atoms. The minimum absolute atomic E-state index is 0.0471. The molecule has 2 aromatic rings. The fourth-order valence-corrected chi connectivity index (χ4v) is 3.46. The van der Waals surface area contributed by atoms with Crippen molar-refractivity contribution in [3.8, 4) is 0 Å². The number of hydrogen-bond acceptors (Lipinski definition) is 4. The van der Waals surface area contributed by atoms with Crippen molar-refractivity contribution in [2.75, 3.05) is 12.8 Å². The van der Waals surface area contributed by atoms with Crippen molar-refractivity contribution in [3.63, 3.8) is 0 Å². The maximum atomic E-state index is 12.5. The SMILES string of the molecule is CN(Cc1ncn[nH]1)C(=O)C1CSc2ccccc21. The van der Waals surface area contributed by atoms with Crippen molar-refractivity contribution in [2.45, 2.75) is 17.4 Å². The lowest BCUT2D eigenvalue weighted by molar-refractivity contribution is -0.131. The maximum absolute atomic E-state index is 12.5. The van der Waals surface area contributed by atoms with Crippen molar-refractivity contribution in [3.05, 3.63) is 42.0 Å². The Bertz CT molecular complexity index is 584. The number of fused-ring (bicyclic) bond motifs is 1. The van der Waals surface area contributed by atoms with Gasteiger partial charge in [0.25, 0.3) is 0 Å². The van der Waals surface area contributed by atoms with Crippen LogP contribution in [0.4, 0.5) is 0 Å². The van der Waals surface area contributed by atoms with Gasteiger partial charge in [-0.15, -0.1) is 11.8 Å². The van der Waals surface area contributed by atoms with E-state index in [-0.39, 0.29) is 11.8 Å². The molecule has 98 valence electrons. The number of benzene rings is 1. The van der Waals surface area contributed by atoms with E-state index in [0.717, 1.165) is 11.3 Å². The van der Waals surface area contributed by atoms with Crippen LogP contribution < -0.4 is 0 Å². The quantitative estimate of drug-likeness (QED) is 0.924. The monoisotopic (exact) mass is 274 g/mol. The molecule has 0 bridgehead atoms. The van der Waals surface area contributed by atoms with Crippen LogP contribution in [0.5, 0.6) is 0 Å². The fourth-order valence-electron chi connectivity index (χ4n) is 2.24. The van der Waals surface area contributed by atoms with Crippen LogP contribution in [0.15, 0.2) is 35.5 Å². The molecule has 6 heteroatoms. The Morgan fingerprint density at radius 3 is 3.16 bits per heavy atom. The maximum Gasteiger partial charge on any atom is 0.231 e. The van der Waals surface area contributed by atoms with E-state index < -0.39 is 0 Å². The summed E-state index contributed by atoms with van der Waals surface area (Å²) in [6, 6.07) is 8.11. The molecular weight excluding hydrogens is 260 g/mol. The molecule has 1 atom stereocenters. The number of rotatable bonds is 3. The smallest absolute Gasteiger partial charge is 0.231 e. The lowest BCUT2D eigenvalue weighted by Crippen LogP contribution is -2.31. The van der Waals surface area contributed by atoms with Gasteiger partial charge in [0.15, 0.2) is 0 Å². The Labute approximate surface area is 115 Å². The molecule has 0 radical (unpaired) electrons. The summed E-state index contributed by atoms with van der Waals surface area (Å²) in [6.07, 6.45) is 1.45. The van der Waals surface area contributed by atoms with E-state index in [2.05, 4.69) is 21.2 Å². The average molecular weight is 274 g/mol. The van der Waals surface area contributed by atoms with E-state index >= 15 is 0 Å². The summed E-state index contributed by atoms with van der Waals surface area (Å²) in [6.45, 7) is 0.460. The molecule has 1 unspecified atom stereocenters. The molecule has 0 fully saturated rings. The summed E-state index contributed by atoms with van der Waals surface area (Å²) in [5, 5.41) is 6.56. The van der Waals surface area contributed by atoms with Crippen LogP contribution in [-0.2, 0) is 11.3 Å². The summed E-state index contributed by atoms with van der Waals surface area (Å²) < 4.78 is 0. The highest BCUT2D eigenvalue weighted by molar-refractivity contribution is 7.99. The molecule has 0 saturated heterocycles. The van der Waals surface area contributed by atoms with Crippen LogP contribution in [0.25, 0.3) is 0 Å². The van der Waals surface area contributed by atoms with E-state index in [9.17, 15) is 4.79 Å². The van der Waals surface area contributed by atoms with Crippen LogP contribution in [0.1, 0.15) is 17.3 Å². The number of aromatic amines is 1. The largest absolute Gasteiger partial charge is 0.338 e. The predicted molar refractivity (Wildman–Crippen MR) is 72.8 cm³/mol. The Kier molecular flexibility index (Phi) is 3.25. The molecule has 1 aromatic carbocycles. The van der Waals surface area contributed by atoms with E-state index in [1.165, 1.54) is 11.2 Å². The average Bonchev–Trinajstić information content (AvgIpc) is 3.06. The van der Waals surface area contributed by atoms with E-state index in [1.54, 1.807) is 23.7 Å². The van der Waals surface area contributed by atoms with Gasteiger partial charge < -0.3 is 4.90 Å². The fraction of sp³-hybridized carbons (Fsp3) is 0.308. The Morgan fingerprint density at radius 1 is 1.53 bits per heavy atom. The van der Waals surface area contributed by atoms with Crippen molar-refractivity contribution in [1.82, 2.24) is 20.1 Å². The van der Waals surface area contributed by atoms with Gasteiger partial charge in [0.2, 0.25) is 5.91 Å². The molecule has 1 aromatic heterocycles. The van der Waals surface area contributed by atoms with E-state index in [1.807, 2.05) is 18.2 Å². The van der Waals surface area contributed by atoms with Gasteiger partial charge in [-0.3, -0.25) is 9.89 Å². The number of carbonyl (C=O) groups excluding carboxylic acids is 1. The second kappa shape index (κ2) is 5.05. The van der Waals surface area contributed by atoms with Crippen molar-refractivity contribution in [1.29, 1.82) is 0 Å². The summed E-state index contributed by atoms with van der Waals surface area (Å²) in [5.41, 5.74) is 1.14. The number of likely N-dealkylation sites (N-methyl/N-ethyl adjacent to an activating group) is 1. The molecule has 1 N–H and O–H groups in total. The van der Waals surface area contributed by atoms with Crippen LogP contribution >= 0.6 is 11.8 Å². The van der Waals surface area contributed by atoms with Crippen molar-refractivity contribution >= 4 is 17.7 Å². The third kappa shape index (κ3) is 2.35. The number of hydrogen-bond donors (Lipinski definition) is 1. The van der Waals surface area contributed by atoms with Crippen LogP contribution in [0.3, 0.4) is 0 Å². The topological polar surface area (TPSA) is 61.9 Å². The van der Waals surface area contributed by atoms with Gasteiger partial charge in [-0.2, -0.15) is 5.10 Å². The van der Waals surface area contributed by atoms with Gasteiger partial charge in [0, 0.05) is 17.7 Å². The van der Waals surface area contributed by atoms with Crippen LogP contribution in [0.2, 0.25) is 0 Å². The number of carbonyl (C=O) groups is 1. The van der Waals surface area contributed by atoms with Crippen molar-refractivity contribution in [2.24, 2.45) is 0 Å². The standard InChI is InChI=1S/C13H14N4OS/c1-17(6-12-14-8-15-16-12)13(18)10-7-19-11-5-3-2-4-9(10)11/h2-5,8,10H,6-7H2,1H3,(H,14,15,16). The van der Waals surface area contributed by atoms with Gasteiger partial charge >= 0.3 is 0 Å². The lowest BCUT2D eigenvalue weighted by Gasteiger charge is -2.20. The summed E-state index contributed by atoms with van der Waals surface area (Å²) in [7, 11) is 1.80. The van der Waals surface area contributed by atoms with Crippen molar-refractivity contribution < 1.29 is 4.79 Å². The number of nitrogens with zero attached hydrogens (tertiary/aromatic N) is 3. The second-order valence-corrected chi connectivity index (χ2v) is 5.59. The van der Waals surface area contributed by atoms with Gasteiger partial charge in [-0.1, -0.05) is 18.2 Å². The van der Waals surface area contributed by atoms with E-state index in [0.29, 0.717) is 12.4 Å². The predicted octanol–water partition coefficient (Wildman–Crippen LogP) is 1.65. The molecule has 2 heterocycles. The minimum Gasteiger partial charge on any atom is -0.338 e. The minimum atomic E-state index is -0.0471. The van der Waals surface area contributed by atoms with Crippen LogP contribution in [-0.4, -0.2) is 38.8 Å². The summed E-state index contributed by atoms with van der Waals surface area (Å²) >= 11 is 1.75. The lowest BCUT2D eigenvalue weighted by atomic mass is 10.00. The molecule has 1 amide bonds. The molecule has 3 rings (SSSR count). The van der Waals surface area contributed by atoms with E-state index in [4.69, 9.17) is 0 Å². The summed E-state index contributed by atoms with van der Waals surface area (Å²) in [4.78, 5) is 19.4. The number of H-pyrrole nitrogens is 1. The molecule has 1 aliphatic rings. The number of thioether (sulfide) groups is 1. The Balaban J connectivity index is 1.74. The molecule has 0 aliphatic carbocycles. The third-order valence-corrected chi connectivity index (χ3v) is 4.41. The first-order valence-electron chi connectivity index (χ1n) is 6.06. The van der Waals surface area contributed by atoms with Crippen LogP contribution in [0, 0.1) is 0 Å². The summed E-state index contributed by atoms with van der Waals surface area (Å²) in [5.74, 6) is 1.61. The molecule has 1 aliphatic heterocycles. The highest BCUT2D eigenvalue weighted by Crippen LogP contribution is 2.40. The number of nitrogens with one attached hydrogen (secondary N) is 1. The first-order valence-corrected chi connectivity index (χ1v) is 7.05. The zero-order valence-electron chi connectivity index (χ0n) is 10.5. The normalized spacial score (nSPS) is 17.2. The van der Waals surface area contributed by atoms with Gasteiger partial charge in [-0.25, -0.2) is 4.98 Å². The molecule has 0 saturated carbocycles. The zero-order chi connectivity index (χ0) is 13.2.